The van der Waals surface area contributed by atoms with E-state index in [1.807, 2.05) is 11.3 Å². The van der Waals surface area contributed by atoms with Crippen molar-refractivity contribution in [2.45, 2.75) is 19.4 Å². The van der Waals surface area contributed by atoms with Crippen LogP contribution in [0.15, 0.2) is 29.6 Å². The van der Waals surface area contributed by atoms with E-state index in [9.17, 15) is 0 Å². The molecule has 3 heteroatoms. The number of rotatable bonds is 4. The van der Waals surface area contributed by atoms with Crippen LogP contribution in [0.2, 0.25) is 0 Å². The molecule has 1 aromatic carbocycles. The molecule has 0 unspecified atom stereocenters. The van der Waals surface area contributed by atoms with E-state index >= 15 is 0 Å². The van der Waals surface area contributed by atoms with Gasteiger partial charge in [-0.05, 0) is 61.3 Å². The number of benzene rings is 1. The maximum atomic E-state index is 3.44. The predicted molar refractivity (Wildman–Crippen MR) is 83.8 cm³/mol. The minimum Gasteiger partial charge on any atom is -0.317 e. The summed E-state index contributed by atoms with van der Waals surface area (Å²) in [6, 6.07) is 8.74. The van der Waals surface area contributed by atoms with Gasteiger partial charge in [-0.15, -0.1) is 11.3 Å². The molecule has 0 aliphatic carbocycles. The van der Waals surface area contributed by atoms with Crippen molar-refractivity contribution >= 4 is 21.4 Å². The van der Waals surface area contributed by atoms with Gasteiger partial charge in [-0.3, -0.25) is 0 Å². The highest BCUT2D eigenvalue weighted by Crippen LogP contribution is 2.26. The maximum Gasteiger partial charge on any atom is 0.0346 e. The first-order valence-electron chi connectivity index (χ1n) is 7.17. The third-order valence-corrected chi connectivity index (χ3v) is 5.04. The Morgan fingerprint density at radius 3 is 2.89 bits per heavy atom. The van der Waals surface area contributed by atoms with Gasteiger partial charge in [0.15, 0.2) is 0 Å². The van der Waals surface area contributed by atoms with Crippen LogP contribution in [0.5, 0.6) is 0 Å². The van der Waals surface area contributed by atoms with E-state index < -0.39 is 0 Å². The maximum absolute atomic E-state index is 3.44. The molecule has 2 heterocycles. The molecule has 1 aromatic heterocycles. The van der Waals surface area contributed by atoms with Gasteiger partial charge in [-0.2, -0.15) is 0 Å². The molecule has 0 amide bonds. The molecule has 2 aromatic rings. The number of piperidine rings is 1. The van der Waals surface area contributed by atoms with Gasteiger partial charge in [0.2, 0.25) is 0 Å². The van der Waals surface area contributed by atoms with Crippen LogP contribution in [0.4, 0.5) is 0 Å². The number of nitrogens with one attached hydrogen (secondary N) is 1. The summed E-state index contributed by atoms with van der Waals surface area (Å²) >= 11 is 1.87. The first-order chi connectivity index (χ1) is 9.33. The lowest BCUT2D eigenvalue weighted by molar-refractivity contribution is 0.235. The van der Waals surface area contributed by atoms with Crippen LogP contribution in [-0.4, -0.2) is 31.6 Å². The predicted octanol–water partition coefficient (Wildman–Crippen LogP) is 3.33. The zero-order chi connectivity index (χ0) is 13.1. The van der Waals surface area contributed by atoms with E-state index in [0.29, 0.717) is 0 Å². The Hall–Kier alpha value is -0.900. The molecule has 0 saturated carbocycles. The number of fused-ring (bicyclic) bond motifs is 1. The molecule has 0 bridgehead atoms. The van der Waals surface area contributed by atoms with Gasteiger partial charge in [0.25, 0.3) is 0 Å². The molecule has 1 aliphatic heterocycles. The zero-order valence-electron chi connectivity index (χ0n) is 11.6. The van der Waals surface area contributed by atoms with Crippen LogP contribution in [0.25, 0.3) is 10.1 Å². The van der Waals surface area contributed by atoms with Gasteiger partial charge in [-0.1, -0.05) is 18.2 Å². The van der Waals surface area contributed by atoms with Crippen molar-refractivity contribution in [3.05, 3.63) is 35.2 Å². The highest BCUT2D eigenvalue weighted by atomic mass is 32.1. The minimum atomic E-state index is 0.871. The molecule has 1 N–H and O–H groups in total. The van der Waals surface area contributed by atoms with Crippen molar-refractivity contribution in [1.29, 1.82) is 0 Å². The SMILES string of the molecule is CN(Cc1csc2ccccc12)CC1CCNCC1. The number of hydrogen-bond donors (Lipinski definition) is 1. The average Bonchev–Trinajstić information content (AvgIpc) is 2.83. The summed E-state index contributed by atoms with van der Waals surface area (Å²) in [6.07, 6.45) is 2.66. The summed E-state index contributed by atoms with van der Waals surface area (Å²) < 4.78 is 1.41. The van der Waals surface area contributed by atoms with E-state index in [1.54, 1.807) is 0 Å². The van der Waals surface area contributed by atoms with Gasteiger partial charge in [0.1, 0.15) is 0 Å². The molecule has 1 saturated heterocycles. The molecule has 1 fully saturated rings. The Morgan fingerprint density at radius 1 is 1.26 bits per heavy atom. The Kier molecular flexibility index (Phi) is 4.16. The Labute approximate surface area is 119 Å². The largest absolute Gasteiger partial charge is 0.317 e. The standard InChI is InChI=1S/C16H22N2S/c1-18(10-13-6-8-17-9-7-13)11-14-12-19-16-5-3-2-4-15(14)16/h2-5,12-13,17H,6-11H2,1H3. The lowest BCUT2D eigenvalue weighted by Crippen LogP contribution is -2.34. The van der Waals surface area contributed by atoms with E-state index in [2.05, 4.69) is 46.9 Å². The van der Waals surface area contributed by atoms with Crippen LogP contribution >= 0.6 is 11.3 Å². The summed E-state index contributed by atoms with van der Waals surface area (Å²) in [5.74, 6) is 0.871. The van der Waals surface area contributed by atoms with Crippen LogP contribution < -0.4 is 5.32 Å². The lowest BCUT2D eigenvalue weighted by atomic mass is 9.97. The second-order valence-corrected chi connectivity index (χ2v) is 6.56. The summed E-state index contributed by atoms with van der Waals surface area (Å²) in [4.78, 5) is 2.49. The van der Waals surface area contributed by atoms with Crippen LogP contribution in [0, 0.1) is 5.92 Å². The Balaban J connectivity index is 1.63. The van der Waals surface area contributed by atoms with Crippen molar-refractivity contribution in [3.63, 3.8) is 0 Å². The fourth-order valence-corrected chi connectivity index (χ4v) is 3.97. The van der Waals surface area contributed by atoms with Crippen LogP contribution in [-0.2, 0) is 6.54 Å². The number of nitrogens with zero attached hydrogens (tertiary/aromatic N) is 1. The molecule has 102 valence electrons. The van der Waals surface area contributed by atoms with Gasteiger partial charge < -0.3 is 10.2 Å². The second-order valence-electron chi connectivity index (χ2n) is 5.65. The lowest BCUT2D eigenvalue weighted by Gasteiger charge is -2.27. The van der Waals surface area contributed by atoms with E-state index in [0.717, 1.165) is 12.5 Å². The average molecular weight is 274 g/mol. The second kappa shape index (κ2) is 6.04. The summed E-state index contributed by atoms with van der Waals surface area (Å²) in [7, 11) is 2.26. The van der Waals surface area contributed by atoms with E-state index in [-0.39, 0.29) is 0 Å². The van der Waals surface area contributed by atoms with Crippen molar-refractivity contribution < 1.29 is 0 Å². The van der Waals surface area contributed by atoms with Gasteiger partial charge in [-0.25, -0.2) is 0 Å². The van der Waals surface area contributed by atoms with Crippen LogP contribution in [0.3, 0.4) is 0 Å². The van der Waals surface area contributed by atoms with Crippen molar-refractivity contribution in [2.75, 3.05) is 26.7 Å². The molecule has 3 rings (SSSR count). The molecular weight excluding hydrogens is 252 g/mol. The quantitative estimate of drug-likeness (QED) is 0.920. The van der Waals surface area contributed by atoms with Crippen molar-refractivity contribution in [2.24, 2.45) is 5.92 Å². The number of hydrogen-bond acceptors (Lipinski definition) is 3. The topological polar surface area (TPSA) is 15.3 Å². The van der Waals surface area contributed by atoms with Crippen LogP contribution in [0.1, 0.15) is 18.4 Å². The van der Waals surface area contributed by atoms with Crippen molar-refractivity contribution in [3.8, 4) is 0 Å². The monoisotopic (exact) mass is 274 g/mol. The molecular formula is C16H22N2S. The molecule has 1 aliphatic rings. The normalized spacial score (nSPS) is 17.4. The molecule has 0 radical (unpaired) electrons. The fourth-order valence-electron chi connectivity index (χ4n) is 3.02. The molecule has 2 nitrogen and oxygen atoms in total. The third kappa shape index (κ3) is 3.16. The molecule has 0 atom stereocenters. The van der Waals surface area contributed by atoms with Gasteiger partial charge >= 0.3 is 0 Å². The summed E-state index contributed by atoms with van der Waals surface area (Å²) in [6.45, 7) is 4.69. The molecule has 19 heavy (non-hydrogen) atoms. The minimum absolute atomic E-state index is 0.871. The van der Waals surface area contributed by atoms with Gasteiger partial charge in [0.05, 0.1) is 0 Å². The van der Waals surface area contributed by atoms with E-state index in [4.69, 9.17) is 0 Å². The smallest absolute Gasteiger partial charge is 0.0346 e. The van der Waals surface area contributed by atoms with Gasteiger partial charge in [0, 0.05) is 17.8 Å². The summed E-state index contributed by atoms with van der Waals surface area (Å²) in [5, 5.41) is 7.20. The fraction of sp³-hybridized carbons (Fsp3) is 0.500. The Bertz CT molecular complexity index is 528. The third-order valence-electron chi connectivity index (χ3n) is 4.03. The number of thiophene rings is 1. The summed E-state index contributed by atoms with van der Waals surface area (Å²) in [5.41, 5.74) is 1.48. The highest BCUT2D eigenvalue weighted by molar-refractivity contribution is 7.17. The molecule has 0 spiro atoms. The Morgan fingerprint density at radius 2 is 2.05 bits per heavy atom. The zero-order valence-corrected chi connectivity index (χ0v) is 12.4. The first kappa shape index (κ1) is 13.1. The van der Waals surface area contributed by atoms with Crippen molar-refractivity contribution in [1.82, 2.24) is 10.2 Å². The first-order valence-corrected chi connectivity index (χ1v) is 8.05. The van der Waals surface area contributed by atoms with E-state index in [1.165, 1.54) is 48.1 Å². The highest BCUT2D eigenvalue weighted by Gasteiger charge is 2.15.